The molecule has 1 aromatic heterocycles. The Labute approximate surface area is 145 Å². The first kappa shape index (κ1) is 15.6. The van der Waals surface area contributed by atoms with Crippen LogP contribution in [0.2, 0.25) is 0 Å². The van der Waals surface area contributed by atoms with Gasteiger partial charge in [0.2, 0.25) is 5.91 Å². The number of hydrogen-bond donors (Lipinski definition) is 2. The van der Waals surface area contributed by atoms with Crippen LogP contribution in [-0.2, 0) is 11.2 Å². The highest BCUT2D eigenvalue weighted by molar-refractivity contribution is 5.88. The van der Waals surface area contributed by atoms with Gasteiger partial charge in [-0.15, -0.1) is 0 Å². The third kappa shape index (κ3) is 3.31. The second kappa shape index (κ2) is 6.51. The molecule has 1 atom stereocenters. The summed E-state index contributed by atoms with van der Waals surface area (Å²) in [4.78, 5) is 24.5. The maximum Gasteiger partial charge on any atom is 0.272 e. The zero-order valence-corrected chi connectivity index (χ0v) is 13.7. The first-order valence-electron chi connectivity index (χ1n) is 8.53. The predicted molar refractivity (Wildman–Crippen MR) is 96.1 cm³/mol. The maximum absolute atomic E-state index is 12.6. The van der Waals surface area contributed by atoms with Crippen molar-refractivity contribution in [1.29, 1.82) is 0 Å². The van der Waals surface area contributed by atoms with Gasteiger partial charge in [0.15, 0.2) is 0 Å². The molecule has 4 rings (SSSR count). The summed E-state index contributed by atoms with van der Waals surface area (Å²) in [5.41, 5.74) is 1.49. The molecule has 0 unspecified atom stereocenters. The number of H-pyrrole nitrogens is 1. The second-order valence-electron chi connectivity index (χ2n) is 6.52. The molecule has 2 N–H and O–H groups in total. The number of amides is 1. The molecule has 1 fully saturated rings. The number of carbonyl (C=O) groups excluding carboxylic acids is 1. The van der Waals surface area contributed by atoms with Crippen molar-refractivity contribution in [3.8, 4) is 0 Å². The zero-order valence-electron chi connectivity index (χ0n) is 13.7. The average Bonchev–Trinajstić information content (AvgIpc) is 3.48. The Bertz CT molecular complexity index is 961. The smallest absolute Gasteiger partial charge is 0.272 e. The minimum absolute atomic E-state index is 0.0442. The fourth-order valence-corrected chi connectivity index (χ4v) is 3.25. The van der Waals surface area contributed by atoms with Gasteiger partial charge in [0.1, 0.15) is 0 Å². The Balaban J connectivity index is 1.56. The van der Waals surface area contributed by atoms with Crippen molar-refractivity contribution in [1.82, 2.24) is 15.5 Å². The van der Waals surface area contributed by atoms with Gasteiger partial charge < -0.3 is 5.32 Å². The molecule has 1 aliphatic rings. The van der Waals surface area contributed by atoms with Gasteiger partial charge >= 0.3 is 0 Å². The number of benzene rings is 2. The maximum atomic E-state index is 12.6. The third-order valence-corrected chi connectivity index (χ3v) is 4.67. The Hall–Kier alpha value is -2.95. The van der Waals surface area contributed by atoms with Gasteiger partial charge in [0, 0.05) is 5.39 Å². The lowest BCUT2D eigenvalue weighted by molar-refractivity contribution is -0.121. The van der Waals surface area contributed by atoms with Crippen molar-refractivity contribution in [2.75, 3.05) is 0 Å². The summed E-state index contributed by atoms with van der Waals surface area (Å²) < 4.78 is 0. The number of carbonyl (C=O) groups is 1. The molecule has 0 radical (unpaired) electrons. The molecule has 5 heteroatoms. The molecule has 126 valence electrons. The first-order valence-corrected chi connectivity index (χ1v) is 8.53. The van der Waals surface area contributed by atoms with E-state index in [1.54, 1.807) is 12.1 Å². The standard InChI is InChI=1S/C20H19N3O2/c24-18(21-19(14-10-11-14)13-6-2-1-3-7-13)12-17-15-8-4-5-9-16(15)20(25)23-22-17/h1-9,14,19H,10-12H2,(H,21,24)(H,23,25)/t19-/m1/s1. The lowest BCUT2D eigenvalue weighted by Gasteiger charge is -2.19. The van der Waals surface area contributed by atoms with E-state index in [4.69, 9.17) is 0 Å². The van der Waals surface area contributed by atoms with Gasteiger partial charge in [-0.25, -0.2) is 5.10 Å². The predicted octanol–water partition coefficient (Wildman–Crippen LogP) is 2.73. The summed E-state index contributed by atoms with van der Waals surface area (Å²) in [7, 11) is 0. The van der Waals surface area contributed by atoms with E-state index in [-0.39, 0.29) is 23.9 Å². The highest BCUT2D eigenvalue weighted by atomic mass is 16.1. The molecular formula is C20H19N3O2. The Morgan fingerprint density at radius 2 is 1.76 bits per heavy atom. The third-order valence-electron chi connectivity index (χ3n) is 4.67. The molecule has 0 bridgehead atoms. The lowest BCUT2D eigenvalue weighted by atomic mass is 10.0. The first-order chi connectivity index (χ1) is 12.2. The van der Waals surface area contributed by atoms with E-state index >= 15 is 0 Å². The molecule has 1 aliphatic carbocycles. The van der Waals surface area contributed by atoms with E-state index < -0.39 is 0 Å². The molecule has 0 spiro atoms. The number of rotatable bonds is 5. The summed E-state index contributed by atoms with van der Waals surface area (Å²) in [5, 5.41) is 11.0. The van der Waals surface area contributed by atoms with Crippen LogP contribution in [0.15, 0.2) is 59.4 Å². The van der Waals surface area contributed by atoms with Crippen molar-refractivity contribution in [2.24, 2.45) is 5.92 Å². The highest BCUT2D eigenvalue weighted by Gasteiger charge is 2.33. The van der Waals surface area contributed by atoms with E-state index in [2.05, 4.69) is 27.6 Å². The van der Waals surface area contributed by atoms with Crippen LogP contribution in [-0.4, -0.2) is 16.1 Å². The SMILES string of the molecule is O=C(Cc1n[nH]c(=O)c2ccccc12)N[C@H](c1ccccc1)C1CC1. The van der Waals surface area contributed by atoms with Gasteiger partial charge in [-0.2, -0.15) is 5.10 Å². The van der Waals surface area contributed by atoms with Crippen LogP contribution in [0.25, 0.3) is 10.8 Å². The fourth-order valence-electron chi connectivity index (χ4n) is 3.25. The fraction of sp³-hybridized carbons (Fsp3) is 0.250. The van der Waals surface area contributed by atoms with Crippen LogP contribution < -0.4 is 10.9 Å². The second-order valence-corrected chi connectivity index (χ2v) is 6.52. The average molecular weight is 333 g/mol. The molecule has 0 saturated heterocycles. The van der Waals surface area contributed by atoms with Gasteiger partial charge in [0.05, 0.1) is 23.5 Å². The van der Waals surface area contributed by atoms with Crippen molar-refractivity contribution < 1.29 is 4.79 Å². The monoisotopic (exact) mass is 333 g/mol. The minimum Gasteiger partial charge on any atom is -0.349 e. The lowest BCUT2D eigenvalue weighted by Crippen LogP contribution is -2.31. The number of nitrogens with one attached hydrogen (secondary N) is 2. The van der Waals surface area contributed by atoms with Crippen LogP contribution in [0.1, 0.15) is 30.1 Å². The van der Waals surface area contributed by atoms with Crippen LogP contribution in [0, 0.1) is 5.92 Å². The van der Waals surface area contributed by atoms with Gasteiger partial charge in [-0.1, -0.05) is 48.5 Å². The molecule has 2 aromatic carbocycles. The van der Waals surface area contributed by atoms with Crippen LogP contribution in [0.4, 0.5) is 0 Å². The van der Waals surface area contributed by atoms with Gasteiger partial charge in [-0.05, 0) is 30.4 Å². The summed E-state index contributed by atoms with van der Waals surface area (Å²) in [6.45, 7) is 0. The highest BCUT2D eigenvalue weighted by Crippen LogP contribution is 2.40. The van der Waals surface area contributed by atoms with Crippen molar-refractivity contribution in [3.05, 3.63) is 76.2 Å². The van der Waals surface area contributed by atoms with E-state index in [1.165, 1.54) is 0 Å². The van der Waals surface area contributed by atoms with E-state index in [9.17, 15) is 9.59 Å². The van der Waals surface area contributed by atoms with Crippen LogP contribution in [0.3, 0.4) is 0 Å². The zero-order chi connectivity index (χ0) is 17.2. The van der Waals surface area contributed by atoms with E-state index in [0.717, 1.165) is 23.8 Å². The molecule has 0 aliphatic heterocycles. The van der Waals surface area contributed by atoms with Crippen LogP contribution in [0.5, 0.6) is 0 Å². The van der Waals surface area contributed by atoms with Crippen molar-refractivity contribution >= 4 is 16.7 Å². The Morgan fingerprint density at radius 1 is 1.08 bits per heavy atom. The number of aromatic amines is 1. The molecule has 3 aromatic rings. The Kier molecular flexibility index (Phi) is 4.06. The molecule has 1 saturated carbocycles. The van der Waals surface area contributed by atoms with E-state index in [0.29, 0.717) is 17.0 Å². The summed E-state index contributed by atoms with van der Waals surface area (Å²) in [5.74, 6) is 0.428. The Morgan fingerprint density at radius 3 is 2.48 bits per heavy atom. The normalized spacial score (nSPS) is 15.0. The summed E-state index contributed by atoms with van der Waals surface area (Å²) in [6.07, 6.45) is 2.42. The van der Waals surface area contributed by atoms with Crippen molar-refractivity contribution in [2.45, 2.75) is 25.3 Å². The molecule has 1 amide bonds. The number of aromatic nitrogens is 2. The van der Waals surface area contributed by atoms with Crippen LogP contribution >= 0.6 is 0 Å². The summed E-state index contributed by atoms with van der Waals surface area (Å²) in [6, 6.07) is 17.3. The number of hydrogen-bond acceptors (Lipinski definition) is 3. The molecular weight excluding hydrogens is 314 g/mol. The van der Waals surface area contributed by atoms with Gasteiger partial charge in [-0.3, -0.25) is 9.59 Å². The quantitative estimate of drug-likeness (QED) is 0.754. The number of fused-ring (bicyclic) bond motifs is 1. The molecule has 25 heavy (non-hydrogen) atoms. The number of nitrogens with zero attached hydrogens (tertiary/aromatic N) is 1. The van der Waals surface area contributed by atoms with Crippen molar-refractivity contribution in [3.63, 3.8) is 0 Å². The van der Waals surface area contributed by atoms with Gasteiger partial charge in [0.25, 0.3) is 5.56 Å². The minimum atomic E-state index is -0.236. The molecule has 1 heterocycles. The largest absolute Gasteiger partial charge is 0.349 e. The van der Waals surface area contributed by atoms with E-state index in [1.807, 2.05) is 30.3 Å². The summed E-state index contributed by atoms with van der Waals surface area (Å²) >= 11 is 0. The molecule has 5 nitrogen and oxygen atoms in total. The topological polar surface area (TPSA) is 74.8 Å².